The van der Waals surface area contributed by atoms with E-state index in [4.69, 9.17) is 9.47 Å². The van der Waals surface area contributed by atoms with Gasteiger partial charge in [-0.1, -0.05) is 41.5 Å². The van der Waals surface area contributed by atoms with Crippen molar-refractivity contribution in [3.8, 4) is 0 Å². The Kier molecular flexibility index (Phi) is 6.89. The Bertz CT molecular complexity index is 346. The fraction of sp³-hybridized carbons (Fsp3) is 0.800. The first-order valence-corrected chi connectivity index (χ1v) is 6.72. The molecule has 0 saturated heterocycles. The largest absolute Gasteiger partial charge is 0.461 e. The van der Waals surface area contributed by atoms with Crippen molar-refractivity contribution in [1.29, 1.82) is 0 Å². The number of hydrogen-bond donors (Lipinski definition) is 0. The predicted molar refractivity (Wildman–Crippen MR) is 75.0 cm³/mol. The van der Waals surface area contributed by atoms with Crippen molar-refractivity contribution in [2.24, 2.45) is 10.8 Å². The van der Waals surface area contributed by atoms with E-state index in [1.807, 2.05) is 41.5 Å². The molecule has 1 atom stereocenters. The Balaban J connectivity index is 4.45. The van der Waals surface area contributed by atoms with E-state index in [9.17, 15) is 14.4 Å². The van der Waals surface area contributed by atoms with Crippen LogP contribution in [0.15, 0.2) is 0 Å². The second-order valence-electron chi connectivity index (χ2n) is 7.35. The van der Waals surface area contributed by atoms with Crippen LogP contribution < -0.4 is 0 Å². The van der Waals surface area contributed by atoms with Gasteiger partial charge < -0.3 is 9.47 Å². The van der Waals surface area contributed by atoms with E-state index in [1.54, 1.807) is 0 Å². The Morgan fingerprint density at radius 1 is 1.00 bits per heavy atom. The number of ketones is 1. The van der Waals surface area contributed by atoms with E-state index in [1.165, 1.54) is 0 Å². The maximum Gasteiger partial charge on any atom is 0.306 e. The van der Waals surface area contributed by atoms with Crippen LogP contribution in [-0.4, -0.2) is 30.9 Å². The Morgan fingerprint density at radius 3 is 1.90 bits per heavy atom. The van der Waals surface area contributed by atoms with Gasteiger partial charge >= 0.3 is 5.97 Å². The first-order chi connectivity index (χ1) is 8.94. The number of carbonyl (C=O) groups excluding carboxylic acids is 3. The molecule has 1 unspecified atom stereocenters. The molecule has 0 aromatic carbocycles. The Labute approximate surface area is 121 Å². The summed E-state index contributed by atoms with van der Waals surface area (Å²) in [6.07, 6.45) is -0.521. The van der Waals surface area contributed by atoms with Gasteiger partial charge in [0.25, 0.3) is 6.47 Å². The molecule has 20 heavy (non-hydrogen) atoms. The number of rotatable bonds is 7. The van der Waals surface area contributed by atoms with Crippen LogP contribution in [-0.2, 0) is 23.9 Å². The maximum atomic E-state index is 12.0. The lowest BCUT2D eigenvalue weighted by molar-refractivity contribution is -0.157. The van der Waals surface area contributed by atoms with Crippen LogP contribution in [0.3, 0.4) is 0 Å². The third-order valence-corrected chi connectivity index (χ3v) is 2.35. The van der Waals surface area contributed by atoms with E-state index >= 15 is 0 Å². The number of ether oxygens (including phenoxy) is 2. The van der Waals surface area contributed by atoms with Crippen molar-refractivity contribution >= 4 is 18.2 Å². The topological polar surface area (TPSA) is 69.7 Å². The van der Waals surface area contributed by atoms with Gasteiger partial charge in [0.15, 0.2) is 11.9 Å². The normalized spacial score (nSPS) is 13.5. The highest BCUT2D eigenvalue weighted by atomic mass is 16.6. The van der Waals surface area contributed by atoms with Gasteiger partial charge in [0, 0.05) is 6.42 Å². The van der Waals surface area contributed by atoms with Crippen LogP contribution in [0.1, 0.15) is 54.4 Å². The fourth-order valence-corrected chi connectivity index (χ4v) is 1.56. The molecule has 0 heterocycles. The van der Waals surface area contributed by atoms with Crippen molar-refractivity contribution in [1.82, 2.24) is 0 Å². The molecule has 5 nitrogen and oxygen atoms in total. The van der Waals surface area contributed by atoms with E-state index in [0.717, 1.165) is 0 Å². The second kappa shape index (κ2) is 7.41. The molecule has 0 aromatic heterocycles. The van der Waals surface area contributed by atoms with Crippen molar-refractivity contribution < 1.29 is 23.9 Å². The average Bonchev–Trinajstić information content (AvgIpc) is 2.18. The fourth-order valence-electron chi connectivity index (χ4n) is 1.56. The van der Waals surface area contributed by atoms with Crippen molar-refractivity contribution in [3.63, 3.8) is 0 Å². The average molecular weight is 286 g/mol. The zero-order valence-corrected chi connectivity index (χ0v) is 13.3. The predicted octanol–water partition coefficient (Wildman–Crippen LogP) is 2.51. The van der Waals surface area contributed by atoms with Gasteiger partial charge in [-0.2, -0.15) is 0 Å². The molecule has 116 valence electrons. The molecule has 0 radical (unpaired) electrons. The lowest BCUT2D eigenvalue weighted by Crippen LogP contribution is -2.33. The van der Waals surface area contributed by atoms with Crippen molar-refractivity contribution in [2.75, 3.05) is 6.61 Å². The highest BCUT2D eigenvalue weighted by Gasteiger charge is 2.27. The minimum atomic E-state index is -1.02. The van der Waals surface area contributed by atoms with Gasteiger partial charge in [-0.05, 0) is 10.8 Å². The second-order valence-corrected chi connectivity index (χ2v) is 7.35. The monoisotopic (exact) mass is 286 g/mol. The summed E-state index contributed by atoms with van der Waals surface area (Å²) in [5.41, 5.74) is -0.398. The highest BCUT2D eigenvalue weighted by Crippen LogP contribution is 2.21. The molecule has 0 rings (SSSR count). The summed E-state index contributed by atoms with van der Waals surface area (Å²) in [5, 5.41) is 0. The zero-order chi connectivity index (χ0) is 16.0. The van der Waals surface area contributed by atoms with E-state index in [0.29, 0.717) is 0 Å². The van der Waals surface area contributed by atoms with Crippen LogP contribution in [0.4, 0.5) is 0 Å². The molecule has 0 spiro atoms. The van der Waals surface area contributed by atoms with Crippen LogP contribution in [0.25, 0.3) is 0 Å². The van der Waals surface area contributed by atoms with Crippen LogP contribution in [0.2, 0.25) is 0 Å². The van der Waals surface area contributed by atoms with Gasteiger partial charge in [-0.3, -0.25) is 14.4 Å². The number of Topliss-reactive ketones (excluding diaryl/α,β-unsaturated/α-hetero) is 1. The summed E-state index contributed by atoms with van der Waals surface area (Å²) in [7, 11) is 0. The molecular formula is C15H26O5. The standard InChI is InChI=1S/C15H26O5/c1-14(2,3)7-11(17)12(20-10-16)9-19-13(18)8-15(4,5)6/h10,12H,7-9H2,1-6H3. The lowest BCUT2D eigenvalue weighted by atomic mass is 9.88. The third-order valence-electron chi connectivity index (χ3n) is 2.35. The maximum absolute atomic E-state index is 12.0. The number of hydrogen-bond acceptors (Lipinski definition) is 5. The van der Waals surface area contributed by atoms with E-state index in [2.05, 4.69) is 0 Å². The van der Waals surface area contributed by atoms with Gasteiger partial charge in [0.2, 0.25) is 0 Å². The van der Waals surface area contributed by atoms with Crippen LogP contribution >= 0.6 is 0 Å². The molecule has 0 aliphatic rings. The van der Waals surface area contributed by atoms with Gasteiger partial charge in [-0.25, -0.2) is 0 Å². The summed E-state index contributed by atoms with van der Waals surface area (Å²) in [6, 6.07) is 0. The molecule has 0 aliphatic carbocycles. The minimum absolute atomic E-state index is 0.187. The number of esters is 1. The van der Waals surface area contributed by atoms with Gasteiger partial charge in [0.05, 0.1) is 6.42 Å². The molecule has 0 saturated carbocycles. The zero-order valence-electron chi connectivity index (χ0n) is 13.3. The third kappa shape index (κ3) is 9.53. The molecular weight excluding hydrogens is 260 g/mol. The van der Waals surface area contributed by atoms with Crippen LogP contribution in [0.5, 0.6) is 0 Å². The molecule has 0 aliphatic heterocycles. The molecule has 0 aromatic rings. The van der Waals surface area contributed by atoms with Gasteiger partial charge in [0.1, 0.15) is 6.61 Å². The SMILES string of the molecule is CC(C)(C)CC(=O)OCC(OC=O)C(=O)CC(C)(C)C. The van der Waals surface area contributed by atoms with Crippen molar-refractivity contribution in [2.45, 2.75) is 60.5 Å². The Hall–Kier alpha value is -1.39. The van der Waals surface area contributed by atoms with Crippen molar-refractivity contribution in [3.05, 3.63) is 0 Å². The highest BCUT2D eigenvalue weighted by molar-refractivity contribution is 5.85. The lowest BCUT2D eigenvalue weighted by Gasteiger charge is -2.22. The Morgan fingerprint density at radius 2 is 1.50 bits per heavy atom. The molecule has 0 N–H and O–H groups in total. The van der Waals surface area contributed by atoms with Gasteiger partial charge in [-0.15, -0.1) is 0 Å². The summed E-state index contributed by atoms with van der Waals surface area (Å²) < 4.78 is 9.75. The van der Waals surface area contributed by atoms with E-state index < -0.39 is 12.1 Å². The summed E-state index contributed by atoms with van der Waals surface area (Å²) in [6.45, 7) is 11.5. The molecule has 5 heteroatoms. The minimum Gasteiger partial charge on any atom is -0.461 e. The molecule has 0 amide bonds. The smallest absolute Gasteiger partial charge is 0.306 e. The van der Waals surface area contributed by atoms with E-state index in [-0.39, 0.29) is 42.5 Å². The summed E-state index contributed by atoms with van der Waals surface area (Å²) in [5.74, 6) is -0.645. The molecule has 0 fully saturated rings. The summed E-state index contributed by atoms with van der Waals surface area (Å²) >= 11 is 0. The quantitative estimate of drug-likeness (QED) is 0.531. The van der Waals surface area contributed by atoms with Crippen LogP contribution in [0, 0.1) is 10.8 Å². The first-order valence-electron chi connectivity index (χ1n) is 6.72. The number of carbonyl (C=O) groups is 3. The first kappa shape index (κ1) is 18.6. The summed E-state index contributed by atoms with van der Waals surface area (Å²) in [4.78, 5) is 34.0. The molecule has 0 bridgehead atoms.